The van der Waals surface area contributed by atoms with Gasteiger partial charge in [-0.2, -0.15) is 0 Å². The zero-order valence-corrected chi connectivity index (χ0v) is 11.6. The number of benzene rings is 1. The fourth-order valence-corrected chi connectivity index (χ4v) is 2.48. The number of hydrogen-bond donors (Lipinski definition) is 0. The molecular formula is C13H20BrN. The highest BCUT2D eigenvalue weighted by Crippen LogP contribution is 2.22. The van der Waals surface area contributed by atoms with Crippen molar-refractivity contribution in [3.63, 3.8) is 0 Å². The predicted molar refractivity (Wildman–Crippen MR) is 72.0 cm³/mol. The van der Waals surface area contributed by atoms with Crippen molar-refractivity contribution >= 4 is 21.6 Å². The van der Waals surface area contributed by atoms with Crippen molar-refractivity contribution in [2.45, 2.75) is 39.1 Å². The molecular weight excluding hydrogens is 250 g/mol. The quantitative estimate of drug-likeness (QED) is 0.744. The molecule has 0 N–H and O–H groups in total. The summed E-state index contributed by atoms with van der Waals surface area (Å²) in [5.74, 6) is 0. The van der Waals surface area contributed by atoms with Gasteiger partial charge in [-0.05, 0) is 51.0 Å². The molecule has 0 spiro atoms. The second kappa shape index (κ2) is 5.55. The molecule has 0 unspecified atom stereocenters. The van der Waals surface area contributed by atoms with Crippen molar-refractivity contribution in [2.24, 2.45) is 0 Å². The van der Waals surface area contributed by atoms with E-state index in [-0.39, 0.29) is 0 Å². The van der Waals surface area contributed by atoms with Gasteiger partial charge in [0, 0.05) is 23.6 Å². The summed E-state index contributed by atoms with van der Waals surface area (Å²) in [5, 5.41) is 0.937. The Bertz CT molecular complexity index is 320. The van der Waals surface area contributed by atoms with Gasteiger partial charge in [0.25, 0.3) is 0 Å². The van der Waals surface area contributed by atoms with Gasteiger partial charge in [-0.25, -0.2) is 0 Å². The highest BCUT2D eigenvalue weighted by atomic mass is 79.9. The number of hydrogen-bond acceptors (Lipinski definition) is 1. The Morgan fingerprint density at radius 2 is 2.00 bits per heavy atom. The lowest BCUT2D eigenvalue weighted by atomic mass is 10.1. The molecule has 0 aliphatic carbocycles. The molecule has 0 bridgehead atoms. The molecule has 15 heavy (non-hydrogen) atoms. The van der Waals surface area contributed by atoms with Crippen LogP contribution in [0.25, 0.3) is 0 Å². The van der Waals surface area contributed by atoms with E-state index in [1.807, 2.05) is 0 Å². The first kappa shape index (κ1) is 12.6. The third-order valence-electron chi connectivity index (χ3n) is 2.77. The molecule has 0 aliphatic heterocycles. The first-order valence-corrected chi connectivity index (χ1v) is 6.64. The molecule has 2 heteroatoms. The molecule has 0 saturated carbocycles. The van der Waals surface area contributed by atoms with Crippen LogP contribution in [0.3, 0.4) is 0 Å². The minimum atomic E-state index is 0.559. The van der Waals surface area contributed by atoms with Gasteiger partial charge in [0.1, 0.15) is 0 Å². The third kappa shape index (κ3) is 2.97. The maximum absolute atomic E-state index is 3.50. The summed E-state index contributed by atoms with van der Waals surface area (Å²) in [6.07, 6.45) is 0. The topological polar surface area (TPSA) is 3.24 Å². The summed E-state index contributed by atoms with van der Waals surface area (Å²) in [4.78, 5) is 2.41. The van der Waals surface area contributed by atoms with E-state index in [1.54, 1.807) is 0 Å². The van der Waals surface area contributed by atoms with Crippen molar-refractivity contribution in [2.75, 3.05) is 11.4 Å². The molecule has 0 radical (unpaired) electrons. The van der Waals surface area contributed by atoms with Gasteiger partial charge in [0.2, 0.25) is 0 Å². The molecule has 1 aromatic carbocycles. The monoisotopic (exact) mass is 269 g/mol. The molecule has 1 rings (SSSR count). The van der Waals surface area contributed by atoms with Crippen LogP contribution < -0.4 is 4.90 Å². The van der Waals surface area contributed by atoms with E-state index in [0.29, 0.717) is 6.04 Å². The summed E-state index contributed by atoms with van der Waals surface area (Å²) in [6.45, 7) is 9.90. The van der Waals surface area contributed by atoms with E-state index in [0.717, 1.165) is 11.9 Å². The molecule has 0 heterocycles. The summed E-state index contributed by atoms with van der Waals surface area (Å²) >= 11 is 3.50. The van der Waals surface area contributed by atoms with Gasteiger partial charge >= 0.3 is 0 Å². The van der Waals surface area contributed by atoms with Gasteiger partial charge in [0.05, 0.1) is 0 Å². The Labute approximate surface area is 102 Å². The van der Waals surface area contributed by atoms with Crippen LogP contribution in [0.1, 0.15) is 31.9 Å². The predicted octanol–water partition coefficient (Wildman–Crippen LogP) is 4.12. The molecule has 0 aromatic heterocycles. The van der Waals surface area contributed by atoms with Crippen LogP contribution in [0.2, 0.25) is 0 Å². The van der Waals surface area contributed by atoms with E-state index in [4.69, 9.17) is 0 Å². The minimum Gasteiger partial charge on any atom is -0.369 e. The Hall–Kier alpha value is -0.500. The molecule has 84 valence electrons. The summed E-state index contributed by atoms with van der Waals surface area (Å²) < 4.78 is 0. The number of aryl methyl sites for hydroxylation is 1. The Balaban J connectivity index is 3.00. The first-order chi connectivity index (χ1) is 7.10. The highest BCUT2D eigenvalue weighted by molar-refractivity contribution is 9.08. The lowest BCUT2D eigenvalue weighted by Gasteiger charge is -2.28. The van der Waals surface area contributed by atoms with Crippen molar-refractivity contribution in [3.05, 3.63) is 29.3 Å². The van der Waals surface area contributed by atoms with Crippen molar-refractivity contribution in [1.82, 2.24) is 0 Å². The Kier molecular flexibility index (Phi) is 4.65. The molecule has 0 amide bonds. The number of anilines is 1. The maximum Gasteiger partial charge on any atom is 0.0371 e. The zero-order chi connectivity index (χ0) is 11.4. The Morgan fingerprint density at radius 3 is 2.40 bits per heavy atom. The van der Waals surface area contributed by atoms with E-state index in [1.165, 1.54) is 16.8 Å². The number of alkyl halides is 1. The number of halogens is 1. The SMILES string of the molecule is CCN(c1ccc(CBr)c(C)c1)C(C)C. The van der Waals surface area contributed by atoms with Crippen LogP contribution in [0.15, 0.2) is 18.2 Å². The minimum absolute atomic E-state index is 0.559. The average Bonchev–Trinajstić information content (AvgIpc) is 2.18. The van der Waals surface area contributed by atoms with Crippen LogP contribution >= 0.6 is 15.9 Å². The third-order valence-corrected chi connectivity index (χ3v) is 3.37. The largest absolute Gasteiger partial charge is 0.369 e. The smallest absolute Gasteiger partial charge is 0.0371 e. The highest BCUT2D eigenvalue weighted by Gasteiger charge is 2.08. The molecule has 1 nitrogen and oxygen atoms in total. The van der Waals surface area contributed by atoms with Gasteiger partial charge in [-0.1, -0.05) is 22.0 Å². The standard InChI is InChI=1S/C13H20BrN/c1-5-15(10(2)3)13-7-6-12(9-14)11(4)8-13/h6-8,10H,5,9H2,1-4H3. The summed E-state index contributed by atoms with van der Waals surface area (Å²) in [6, 6.07) is 7.27. The van der Waals surface area contributed by atoms with Gasteiger partial charge < -0.3 is 4.90 Å². The van der Waals surface area contributed by atoms with E-state index >= 15 is 0 Å². The van der Waals surface area contributed by atoms with Crippen LogP contribution in [0.5, 0.6) is 0 Å². The zero-order valence-electron chi connectivity index (χ0n) is 10.0. The van der Waals surface area contributed by atoms with Crippen molar-refractivity contribution < 1.29 is 0 Å². The molecule has 1 aromatic rings. The number of nitrogens with zero attached hydrogens (tertiary/aromatic N) is 1. The van der Waals surface area contributed by atoms with E-state index in [9.17, 15) is 0 Å². The fraction of sp³-hybridized carbons (Fsp3) is 0.538. The van der Waals surface area contributed by atoms with Gasteiger partial charge in [-0.15, -0.1) is 0 Å². The molecule has 0 saturated heterocycles. The molecule has 0 fully saturated rings. The van der Waals surface area contributed by atoms with Crippen molar-refractivity contribution in [1.29, 1.82) is 0 Å². The number of rotatable bonds is 4. The summed E-state index contributed by atoms with van der Waals surface area (Å²) in [5.41, 5.74) is 4.07. The van der Waals surface area contributed by atoms with Crippen LogP contribution in [0.4, 0.5) is 5.69 Å². The van der Waals surface area contributed by atoms with Gasteiger partial charge in [-0.3, -0.25) is 0 Å². The average molecular weight is 270 g/mol. The van der Waals surface area contributed by atoms with Crippen LogP contribution in [-0.2, 0) is 5.33 Å². The van der Waals surface area contributed by atoms with Crippen LogP contribution in [0, 0.1) is 6.92 Å². The second-order valence-electron chi connectivity index (χ2n) is 4.12. The maximum atomic E-state index is 3.50. The lowest BCUT2D eigenvalue weighted by molar-refractivity contribution is 0.703. The fourth-order valence-electron chi connectivity index (χ4n) is 1.85. The van der Waals surface area contributed by atoms with E-state index < -0.39 is 0 Å². The Morgan fingerprint density at radius 1 is 1.33 bits per heavy atom. The van der Waals surface area contributed by atoms with Gasteiger partial charge in [0.15, 0.2) is 0 Å². The van der Waals surface area contributed by atoms with Crippen molar-refractivity contribution in [3.8, 4) is 0 Å². The van der Waals surface area contributed by atoms with E-state index in [2.05, 4.69) is 66.7 Å². The first-order valence-electron chi connectivity index (χ1n) is 5.52. The normalized spacial score (nSPS) is 10.8. The summed E-state index contributed by atoms with van der Waals surface area (Å²) in [7, 11) is 0. The van der Waals surface area contributed by atoms with Crippen LogP contribution in [-0.4, -0.2) is 12.6 Å². The lowest BCUT2D eigenvalue weighted by Crippen LogP contribution is -2.30. The molecule has 0 aliphatic rings. The second-order valence-corrected chi connectivity index (χ2v) is 4.68. The molecule has 0 atom stereocenters.